The Balaban J connectivity index is 1.99. The van der Waals surface area contributed by atoms with Crippen LogP contribution in [0, 0.1) is 6.92 Å². The van der Waals surface area contributed by atoms with Crippen molar-refractivity contribution in [1.82, 2.24) is 14.4 Å². The Labute approximate surface area is 132 Å². The molecule has 0 radical (unpaired) electrons. The molecule has 0 saturated carbocycles. The van der Waals surface area contributed by atoms with Gasteiger partial charge >= 0.3 is 0 Å². The van der Waals surface area contributed by atoms with Crippen LogP contribution in [0.25, 0.3) is 16.6 Å². The first-order valence-electron chi connectivity index (χ1n) is 6.98. The van der Waals surface area contributed by atoms with E-state index in [1.54, 1.807) is 0 Å². The third kappa shape index (κ3) is 2.00. The molecule has 0 aliphatic rings. The zero-order chi connectivity index (χ0) is 15.1. The number of fused-ring (bicyclic) bond motifs is 3. The number of hydrogen-bond acceptors (Lipinski definition) is 3. The SMILES string of the molecule is Cc1ncn2c1c(Nc1ccccc1Cl)nc1ccccc12. The molecule has 0 amide bonds. The number of nitrogens with zero attached hydrogens (tertiary/aromatic N) is 3. The Morgan fingerprint density at radius 2 is 1.82 bits per heavy atom. The minimum Gasteiger partial charge on any atom is -0.337 e. The van der Waals surface area contributed by atoms with Gasteiger partial charge in [0.15, 0.2) is 5.82 Å². The first-order chi connectivity index (χ1) is 10.7. The van der Waals surface area contributed by atoms with Crippen LogP contribution in [0.15, 0.2) is 54.9 Å². The van der Waals surface area contributed by atoms with E-state index in [0.29, 0.717) is 5.02 Å². The fraction of sp³-hybridized carbons (Fsp3) is 0.0588. The van der Waals surface area contributed by atoms with Crippen LogP contribution >= 0.6 is 11.6 Å². The van der Waals surface area contributed by atoms with Crippen molar-refractivity contribution in [3.05, 3.63) is 65.6 Å². The number of rotatable bonds is 2. The van der Waals surface area contributed by atoms with Gasteiger partial charge in [-0.25, -0.2) is 9.97 Å². The molecule has 0 spiro atoms. The Hall–Kier alpha value is -2.59. The van der Waals surface area contributed by atoms with E-state index in [1.807, 2.05) is 61.8 Å². The van der Waals surface area contributed by atoms with Crippen molar-refractivity contribution >= 4 is 39.7 Å². The third-order valence-electron chi connectivity index (χ3n) is 3.68. The average molecular weight is 309 g/mol. The molecule has 0 aliphatic heterocycles. The first-order valence-corrected chi connectivity index (χ1v) is 7.36. The summed E-state index contributed by atoms with van der Waals surface area (Å²) in [5.41, 5.74) is 4.64. The smallest absolute Gasteiger partial charge is 0.157 e. The number of aromatic nitrogens is 3. The van der Waals surface area contributed by atoms with Crippen molar-refractivity contribution in [2.45, 2.75) is 6.92 Å². The highest BCUT2D eigenvalue weighted by Crippen LogP contribution is 2.29. The van der Waals surface area contributed by atoms with Gasteiger partial charge in [0.1, 0.15) is 11.8 Å². The summed E-state index contributed by atoms with van der Waals surface area (Å²) in [5, 5.41) is 3.99. The zero-order valence-corrected chi connectivity index (χ0v) is 12.7. The molecular formula is C17H13ClN4. The highest BCUT2D eigenvalue weighted by Gasteiger charge is 2.12. The molecule has 0 atom stereocenters. The van der Waals surface area contributed by atoms with Crippen molar-refractivity contribution in [2.24, 2.45) is 0 Å². The van der Waals surface area contributed by atoms with E-state index in [-0.39, 0.29) is 0 Å². The van der Waals surface area contributed by atoms with E-state index in [1.165, 1.54) is 0 Å². The summed E-state index contributed by atoms with van der Waals surface area (Å²) in [7, 11) is 0. The molecule has 2 aromatic heterocycles. The van der Waals surface area contributed by atoms with Gasteiger partial charge in [-0.15, -0.1) is 0 Å². The average Bonchev–Trinajstić information content (AvgIpc) is 2.92. The lowest BCUT2D eigenvalue weighted by molar-refractivity contribution is 1.18. The lowest BCUT2D eigenvalue weighted by Crippen LogP contribution is -2.00. The van der Waals surface area contributed by atoms with Crippen molar-refractivity contribution in [3.63, 3.8) is 0 Å². The maximum atomic E-state index is 6.24. The highest BCUT2D eigenvalue weighted by atomic mass is 35.5. The third-order valence-corrected chi connectivity index (χ3v) is 4.00. The molecule has 0 bridgehead atoms. The van der Waals surface area contributed by atoms with Crippen LogP contribution in [-0.4, -0.2) is 14.4 Å². The number of halogens is 1. The van der Waals surface area contributed by atoms with Crippen LogP contribution in [0.2, 0.25) is 5.02 Å². The van der Waals surface area contributed by atoms with Crippen LogP contribution in [0.1, 0.15) is 5.69 Å². The lowest BCUT2D eigenvalue weighted by Gasteiger charge is -2.11. The van der Waals surface area contributed by atoms with E-state index >= 15 is 0 Å². The Morgan fingerprint density at radius 1 is 1.05 bits per heavy atom. The predicted octanol–water partition coefficient (Wildman–Crippen LogP) is 4.59. The Bertz CT molecular complexity index is 990. The molecule has 2 aromatic carbocycles. The predicted molar refractivity (Wildman–Crippen MR) is 90.0 cm³/mol. The van der Waals surface area contributed by atoms with Gasteiger partial charge in [-0.1, -0.05) is 35.9 Å². The second-order valence-electron chi connectivity index (χ2n) is 5.10. The van der Waals surface area contributed by atoms with Crippen molar-refractivity contribution in [1.29, 1.82) is 0 Å². The lowest BCUT2D eigenvalue weighted by atomic mass is 10.2. The van der Waals surface area contributed by atoms with Gasteiger partial charge in [0.05, 0.1) is 27.4 Å². The van der Waals surface area contributed by atoms with Crippen molar-refractivity contribution in [3.8, 4) is 0 Å². The largest absolute Gasteiger partial charge is 0.337 e. The maximum Gasteiger partial charge on any atom is 0.157 e. The van der Waals surface area contributed by atoms with Crippen molar-refractivity contribution < 1.29 is 0 Å². The Kier molecular flexibility index (Phi) is 2.98. The van der Waals surface area contributed by atoms with E-state index in [9.17, 15) is 0 Å². The quantitative estimate of drug-likeness (QED) is 0.589. The normalized spacial score (nSPS) is 11.2. The maximum absolute atomic E-state index is 6.24. The summed E-state index contributed by atoms with van der Waals surface area (Å²) in [6.07, 6.45) is 1.83. The number of benzene rings is 2. The van der Waals surface area contributed by atoms with Gasteiger partial charge in [0.25, 0.3) is 0 Å². The number of aryl methyl sites for hydroxylation is 1. The number of para-hydroxylation sites is 3. The molecule has 0 aliphatic carbocycles. The van der Waals surface area contributed by atoms with Crippen LogP contribution in [0.4, 0.5) is 11.5 Å². The number of imidazole rings is 1. The highest BCUT2D eigenvalue weighted by molar-refractivity contribution is 6.33. The van der Waals surface area contributed by atoms with Crippen molar-refractivity contribution in [2.75, 3.05) is 5.32 Å². The molecule has 4 rings (SSSR count). The van der Waals surface area contributed by atoms with Crippen LogP contribution in [-0.2, 0) is 0 Å². The van der Waals surface area contributed by atoms with Crippen LogP contribution < -0.4 is 5.32 Å². The minimum absolute atomic E-state index is 0.660. The van der Waals surface area contributed by atoms with E-state index in [0.717, 1.165) is 33.7 Å². The summed E-state index contributed by atoms with van der Waals surface area (Å²) in [5.74, 6) is 0.752. The summed E-state index contributed by atoms with van der Waals surface area (Å²) < 4.78 is 2.05. The number of hydrogen-bond donors (Lipinski definition) is 1. The fourth-order valence-electron chi connectivity index (χ4n) is 2.62. The summed E-state index contributed by atoms with van der Waals surface area (Å²) in [4.78, 5) is 9.16. The van der Waals surface area contributed by atoms with E-state index in [4.69, 9.17) is 16.6 Å². The van der Waals surface area contributed by atoms with Gasteiger partial charge in [0, 0.05) is 0 Å². The molecule has 1 N–H and O–H groups in total. The standard InChI is InChI=1S/C17H13ClN4/c1-11-16-17(20-13-7-3-2-6-12(13)18)21-14-8-4-5-9-15(14)22(16)10-19-11/h2-10H,1H3,(H,20,21). The zero-order valence-electron chi connectivity index (χ0n) is 11.9. The second-order valence-corrected chi connectivity index (χ2v) is 5.51. The van der Waals surface area contributed by atoms with Gasteiger partial charge in [-0.3, -0.25) is 4.40 Å². The van der Waals surface area contributed by atoms with Gasteiger partial charge in [-0.2, -0.15) is 0 Å². The van der Waals surface area contributed by atoms with Crippen LogP contribution in [0.5, 0.6) is 0 Å². The molecule has 0 fully saturated rings. The first kappa shape index (κ1) is 13.1. The summed E-state index contributed by atoms with van der Waals surface area (Å²) >= 11 is 6.24. The second kappa shape index (κ2) is 5.00. The molecule has 0 unspecified atom stereocenters. The van der Waals surface area contributed by atoms with E-state index < -0.39 is 0 Å². The Morgan fingerprint density at radius 3 is 2.68 bits per heavy atom. The molecule has 22 heavy (non-hydrogen) atoms. The summed E-state index contributed by atoms with van der Waals surface area (Å²) in [6, 6.07) is 15.6. The molecule has 4 nitrogen and oxygen atoms in total. The molecule has 108 valence electrons. The summed E-state index contributed by atoms with van der Waals surface area (Å²) in [6.45, 7) is 1.98. The van der Waals surface area contributed by atoms with Gasteiger partial charge in [0.2, 0.25) is 0 Å². The molecule has 0 saturated heterocycles. The molecule has 2 heterocycles. The molecule has 5 heteroatoms. The van der Waals surface area contributed by atoms with Gasteiger partial charge < -0.3 is 5.32 Å². The fourth-order valence-corrected chi connectivity index (χ4v) is 2.80. The number of nitrogens with one attached hydrogen (secondary N) is 1. The monoisotopic (exact) mass is 308 g/mol. The molecular weight excluding hydrogens is 296 g/mol. The minimum atomic E-state index is 0.660. The number of anilines is 2. The van der Waals surface area contributed by atoms with Gasteiger partial charge in [-0.05, 0) is 31.2 Å². The molecule has 4 aromatic rings. The topological polar surface area (TPSA) is 42.2 Å². The van der Waals surface area contributed by atoms with E-state index in [2.05, 4.69) is 14.7 Å². The van der Waals surface area contributed by atoms with Crippen LogP contribution in [0.3, 0.4) is 0 Å².